The van der Waals surface area contributed by atoms with Gasteiger partial charge in [-0.15, -0.1) is 0 Å². The zero-order chi connectivity index (χ0) is 11.3. The number of carbonyl (C=O) groups is 2. The van der Waals surface area contributed by atoms with Gasteiger partial charge in [0.2, 0.25) is 0 Å². The molecule has 0 radical (unpaired) electrons. The molecular formula is C11H16O4. The van der Waals surface area contributed by atoms with E-state index in [1.807, 2.05) is 0 Å². The van der Waals surface area contributed by atoms with Crippen LogP contribution in [0.15, 0.2) is 11.6 Å². The maximum Gasteiger partial charge on any atom is 0.328 e. The molecule has 1 atom stereocenters. The first-order chi connectivity index (χ1) is 7.09. The third kappa shape index (κ3) is 4.14. The highest BCUT2D eigenvalue weighted by molar-refractivity contribution is 5.80. The third-order valence-electron chi connectivity index (χ3n) is 2.79. The first-order valence-electron chi connectivity index (χ1n) is 5.25. The Kier molecular flexibility index (Phi) is 4.34. The van der Waals surface area contributed by atoms with Gasteiger partial charge in [0.1, 0.15) is 0 Å². The average Bonchev–Trinajstić information content (AvgIpc) is 2.51. The quantitative estimate of drug-likeness (QED) is 0.684. The second-order valence-electron chi connectivity index (χ2n) is 3.93. The molecule has 0 aromatic carbocycles. The fraction of sp³-hybridized carbons (Fsp3) is 0.636. The topological polar surface area (TPSA) is 74.6 Å². The van der Waals surface area contributed by atoms with Crippen LogP contribution < -0.4 is 0 Å². The summed E-state index contributed by atoms with van der Waals surface area (Å²) in [6, 6.07) is 0. The molecule has 0 saturated heterocycles. The van der Waals surface area contributed by atoms with Crippen LogP contribution in [-0.2, 0) is 9.59 Å². The molecule has 2 N–H and O–H groups in total. The highest BCUT2D eigenvalue weighted by Gasteiger charge is 2.21. The fourth-order valence-electron chi connectivity index (χ4n) is 2.12. The van der Waals surface area contributed by atoms with Crippen molar-refractivity contribution < 1.29 is 19.8 Å². The lowest BCUT2D eigenvalue weighted by molar-refractivity contribution is -0.137. The third-order valence-corrected chi connectivity index (χ3v) is 2.79. The van der Waals surface area contributed by atoms with Crippen molar-refractivity contribution in [2.45, 2.75) is 38.5 Å². The van der Waals surface area contributed by atoms with Crippen LogP contribution in [0.4, 0.5) is 0 Å². The van der Waals surface area contributed by atoms with Gasteiger partial charge in [-0.2, -0.15) is 0 Å². The van der Waals surface area contributed by atoms with E-state index in [0.29, 0.717) is 12.3 Å². The van der Waals surface area contributed by atoms with E-state index in [2.05, 4.69) is 0 Å². The van der Waals surface area contributed by atoms with E-state index in [4.69, 9.17) is 10.2 Å². The van der Waals surface area contributed by atoms with E-state index in [0.717, 1.165) is 31.3 Å². The van der Waals surface area contributed by atoms with Crippen molar-refractivity contribution in [3.63, 3.8) is 0 Å². The van der Waals surface area contributed by atoms with Crippen molar-refractivity contribution in [1.29, 1.82) is 0 Å². The summed E-state index contributed by atoms with van der Waals surface area (Å²) >= 11 is 0. The summed E-state index contributed by atoms with van der Waals surface area (Å²) in [4.78, 5) is 20.8. The Morgan fingerprint density at radius 3 is 2.73 bits per heavy atom. The van der Waals surface area contributed by atoms with Crippen molar-refractivity contribution >= 4 is 11.9 Å². The van der Waals surface area contributed by atoms with Crippen LogP contribution in [0, 0.1) is 5.92 Å². The second-order valence-corrected chi connectivity index (χ2v) is 3.93. The minimum absolute atomic E-state index is 0.177. The molecule has 1 aliphatic rings. The number of hydrogen-bond donors (Lipinski definition) is 2. The van der Waals surface area contributed by atoms with Crippen LogP contribution in [0.3, 0.4) is 0 Å². The number of hydrogen-bond acceptors (Lipinski definition) is 2. The van der Waals surface area contributed by atoms with Crippen molar-refractivity contribution in [2.24, 2.45) is 5.92 Å². The summed E-state index contributed by atoms with van der Waals surface area (Å²) in [6.07, 6.45) is 5.78. The Balaban J connectivity index is 2.40. The number of allylic oxidation sites excluding steroid dienone is 1. The van der Waals surface area contributed by atoms with Crippen LogP contribution in [-0.4, -0.2) is 22.2 Å². The largest absolute Gasteiger partial charge is 0.481 e. The lowest BCUT2D eigenvalue weighted by atomic mass is 9.96. The molecule has 84 valence electrons. The molecule has 0 heterocycles. The lowest BCUT2D eigenvalue weighted by Gasteiger charge is -2.10. The molecule has 0 aliphatic heterocycles. The predicted octanol–water partition coefficient (Wildman–Crippen LogP) is 2.05. The van der Waals surface area contributed by atoms with Crippen molar-refractivity contribution in [2.75, 3.05) is 0 Å². The highest BCUT2D eigenvalue weighted by atomic mass is 16.4. The van der Waals surface area contributed by atoms with Crippen LogP contribution in [0.25, 0.3) is 0 Å². The van der Waals surface area contributed by atoms with Crippen molar-refractivity contribution in [3.8, 4) is 0 Å². The number of carboxylic acids is 2. The van der Waals surface area contributed by atoms with Gasteiger partial charge in [0.15, 0.2) is 0 Å². The molecule has 4 nitrogen and oxygen atoms in total. The predicted molar refractivity (Wildman–Crippen MR) is 54.5 cm³/mol. The first-order valence-corrected chi connectivity index (χ1v) is 5.25. The molecule has 0 amide bonds. The summed E-state index contributed by atoms with van der Waals surface area (Å²) < 4.78 is 0. The monoisotopic (exact) mass is 212 g/mol. The molecule has 4 heteroatoms. The van der Waals surface area contributed by atoms with E-state index >= 15 is 0 Å². The summed E-state index contributed by atoms with van der Waals surface area (Å²) in [5.74, 6) is -1.38. The zero-order valence-electron chi connectivity index (χ0n) is 8.61. The minimum Gasteiger partial charge on any atom is -0.481 e. The zero-order valence-corrected chi connectivity index (χ0v) is 8.61. The van der Waals surface area contributed by atoms with Crippen LogP contribution in [0.2, 0.25) is 0 Å². The Morgan fingerprint density at radius 2 is 2.13 bits per heavy atom. The maximum atomic E-state index is 10.5. The standard InChI is InChI=1S/C11H16O4/c12-10(13)6-2-4-8-3-1-5-9(8)7-11(14)15/h7-8H,1-6H2,(H,12,13)(H,14,15). The van der Waals surface area contributed by atoms with Crippen molar-refractivity contribution in [3.05, 3.63) is 11.6 Å². The van der Waals surface area contributed by atoms with Gasteiger partial charge in [0.05, 0.1) is 0 Å². The molecular weight excluding hydrogens is 196 g/mol. The van der Waals surface area contributed by atoms with Crippen molar-refractivity contribution in [1.82, 2.24) is 0 Å². The van der Waals surface area contributed by atoms with E-state index < -0.39 is 11.9 Å². The molecule has 0 aromatic heterocycles. The number of rotatable bonds is 5. The van der Waals surface area contributed by atoms with E-state index in [1.54, 1.807) is 0 Å². The summed E-state index contributed by atoms with van der Waals surface area (Å²) in [5.41, 5.74) is 0.980. The van der Waals surface area contributed by atoms with E-state index in [-0.39, 0.29) is 6.42 Å². The Labute approximate surface area is 88.6 Å². The Morgan fingerprint density at radius 1 is 1.40 bits per heavy atom. The van der Waals surface area contributed by atoms with Gasteiger partial charge in [0, 0.05) is 12.5 Å². The molecule has 1 saturated carbocycles. The second kappa shape index (κ2) is 5.53. The first kappa shape index (κ1) is 11.8. The Bertz CT molecular complexity index is 280. The smallest absolute Gasteiger partial charge is 0.328 e. The van der Waals surface area contributed by atoms with Crippen LogP contribution >= 0.6 is 0 Å². The van der Waals surface area contributed by atoms with Crippen LogP contribution in [0.5, 0.6) is 0 Å². The van der Waals surface area contributed by atoms with Gasteiger partial charge in [-0.3, -0.25) is 4.79 Å². The normalized spacial score (nSPS) is 23.2. The Hall–Kier alpha value is -1.32. The summed E-state index contributed by atoms with van der Waals surface area (Å²) in [6.45, 7) is 0. The van der Waals surface area contributed by atoms with E-state index in [1.165, 1.54) is 6.08 Å². The molecule has 1 aliphatic carbocycles. The molecule has 1 fully saturated rings. The average molecular weight is 212 g/mol. The lowest BCUT2D eigenvalue weighted by Crippen LogP contribution is -2.02. The van der Waals surface area contributed by atoms with Gasteiger partial charge in [-0.25, -0.2) is 4.79 Å². The number of aliphatic carboxylic acids is 2. The fourth-order valence-corrected chi connectivity index (χ4v) is 2.12. The SMILES string of the molecule is O=C(O)C=C1CCCC1CCCC(=O)O. The van der Waals surface area contributed by atoms with Gasteiger partial charge in [0.25, 0.3) is 0 Å². The van der Waals surface area contributed by atoms with E-state index in [9.17, 15) is 9.59 Å². The van der Waals surface area contributed by atoms with Gasteiger partial charge < -0.3 is 10.2 Å². The van der Waals surface area contributed by atoms with Gasteiger partial charge in [-0.1, -0.05) is 5.57 Å². The van der Waals surface area contributed by atoms with Gasteiger partial charge in [-0.05, 0) is 38.0 Å². The highest BCUT2D eigenvalue weighted by Crippen LogP contribution is 2.34. The minimum atomic E-state index is -0.893. The van der Waals surface area contributed by atoms with Gasteiger partial charge >= 0.3 is 11.9 Å². The molecule has 0 aromatic rings. The number of carboxylic acid groups (broad SMARTS) is 2. The molecule has 0 bridgehead atoms. The summed E-state index contributed by atoms with van der Waals surface area (Å²) in [5, 5.41) is 17.1. The molecule has 1 rings (SSSR count). The van der Waals surface area contributed by atoms with Crippen LogP contribution in [0.1, 0.15) is 38.5 Å². The maximum absolute atomic E-state index is 10.5. The molecule has 1 unspecified atom stereocenters. The summed E-state index contributed by atoms with van der Waals surface area (Å²) in [7, 11) is 0. The molecule has 15 heavy (non-hydrogen) atoms. The molecule has 0 spiro atoms.